The van der Waals surface area contributed by atoms with Gasteiger partial charge in [-0.3, -0.25) is 0 Å². The highest BCUT2D eigenvalue weighted by molar-refractivity contribution is 7.89. The summed E-state index contributed by atoms with van der Waals surface area (Å²) in [6, 6.07) is 0.0941. The molecule has 0 radical (unpaired) electrons. The smallest absolute Gasteiger partial charge is 0.211 e. The Morgan fingerprint density at radius 3 is 2.36 bits per heavy atom. The largest absolute Gasteiger partial charge is 0.325 e. The molecule has 4 nitrogen and oxygen atoms in total. The van der Waals surface area contributed by atoms with E-state index in [2.05, 4.69) is 4.72 Å². The SMILES string of the molecule is CCS(=O)(=O)NC1CCC(C)(N)CC1. The van der Waals surface area contributed by atoms with Gasteiger partial charge in [-0.05, 0) is 39.5 Å². The molecule has 14 heavy (non-hydrogen) atoms. The summed E-state index contributed by atoms with van der Waals surface area (Å²) in [7, 11) is -3.05. The zero-order chi connectivity index (χ0) is 10.8. The molecule has 0 aromatic rings. The summed E-state index contributed by atoms with van der Waals surface area (Å²) in [6.07, 6.45) is 3.49. The first kappa shape index (κ1) is 11.9. The second-order valence-electron chi connectivity index (χ2n) is 4.45. The van der Waals surface area contributed by atoms with Gasteiger partial charge in [-0.15, -0.1) is 0 Å². The van der Waals surface area contributed by atoms with Crippen LogP contribution in [0.25, 0.3) is 0 Å². The lowest BCUT2D eigenvalue weighted by Crippen LogP contribution is -2.46. The second-order valence-corrected chi connectivity index (χ2v) is 6.49. The average molecular weight is 220 g/mol. The third kappa shape index (κ3) is 3.55. The van der Waals surface area contributed by atoms with Crippen molar-refractivity contribution in [1.82, 2.24) is 4.72 Å². The molecule has 0 aliphatic heterocycles. The van der Waals surface area contributed by atoms with E-state index in [0.29, 0.717) is 0 Å². The quantitative estimate of drug-likeness (QED) is 0.731. The van der Waals surface area contributed by atoms with Crippen LogP contribution in [0.2, 0.25) is 0 Å². The maximum absolute atomic E-state index is 11.3. The van der Waals surface area contributed by atoms with Crippen LogP contribution >= 0.6 is 0 Å². The maximum Gasteiger partial charge on any atom is 0.211 e. The number of hydrogen-bond donors (Lipinski definition) is 2. The fourth-order valence-corrected chi connectivity index (χ4v) is 2.64. The summed E-state index contributed by atoms with van der Waals surface area (Å²) >= 11 is 0. The molecular formula is C9H20N2O2S. The highest BCUT2D eigenvalue weighted by Crippen LogP contribution is 2.25. The van der Waals surface area contributed by atoms with Crippen LogP contribution in [-0.4, -0.2) is 25.8 Å². The van der Waals surface area contributed by atoms with Crippen LogP contribution < -0.4 is 10.5 Å². The molecule has 0 bridgehead atoms. The van der Waals surface area contributed by atoms with E-state index in [1.54, 1.807) is 6.92 Å². The molecule has 3 N–H and O–H groups in total. The minimum atomic E-state index is -3.05. The molecule has 1 fully saturated rings. The van der Waals surface area contributed by atoms with Gasteiger partial charge in [0, 0.05) is 11.6 Å². The number of rotatable bonds is 3. The molecule has 1 aliphatic carbocycles. The van der Waals surface area contributed by atoms with Crippen LogP contribution in [0, 0.1) is 0 Å². The second kappa shape index (κ2) is 4.16. The molecule has 0 unspecified atom stereocenters. The monoisotopic (exact) mass is 220 g/mol. The number of nitrogens with one attached hydrogen (secondary N) is 1. The molecule has 5 heteroatoms. The maximum atomic E-state index is 11.3. The van der Waals surface area contributed by atoms with Gasteiger partial charge in [0.25, 0.3) is 0 Å². The number of nitrogens with two attached hydrogens (primary N) is 1. The van der Waals surface area contributed by atoms with E-state index in [0.717, 1.165) is 25.7 Å². The van der Waals surface area contributed by atoms with Gasteiger partial charge in [0.15, 0.2) is 0 Å². The van der Waals surface area contributed by atoms with Crippen LogP contribution in [0.15, 0.2) is 0 Å². The van der Waals surface area contributed by atoms with E-state index in [9.17, 15) is 8.42 Å². The van der Waals surface area contributed by atoms with Crippen molar-refractivity contribution in [3.8, 4) is 0 Å². The molecule has 0 saturated heterocycles. The van der Waals surface area contributed by atoms with Crippen molar-refractivity contribution in [1.29, 1.82) is 0 Å². The Morgan fingerprint density at radius 2 is 1.93 bits per heavy atom. The van der Waals surface area contributed by atoms with Gasteiger partial charge in [0.1, 0.15) is 0 Å². The summed E-state index contributed by atoms with van der Waals surface area (Å²) in [5, 5.41) is 0. The molecular weight excluding hydrogens is 200 g/mol. The normalized spacial score (nSPS) is 34.4. The van der Waals surface area contributed by atoms with Crippen molar-refractivity contribution in [2.75, 3.05) is 5.75 Å². The Balaban J connectivity index is 2.44. The van der Waals surface area contributed by atoms with Crippen molar-refractivity contribution in [3.05, 3.63) is 0 Å². The molecule has 0 aromatic heterocycles. The first-order chi connectivity index (χ1) is 6.35. The molecule has 0 spiro atoms. The van der Waals surface area contributed by atoms with E-state index in [1.165, 1.54) is 0 Å². The standard InChI is InChI=1S/C9H20N2O2S/c1-3-14(12,13)11-8-4-6-9(2,10)7-5-8/h8,11H,3-7,10H2,1-2H3. The average Bonchev–Trinajstić information content (AvgIpc) is 2.09. The summed E-state index contributed by atoms with van der Waals surface area (Å²) in [5.74, 6) is 0.156. The van der Waals surface area contributed by atoms with Gasteiger partial charge in [0.05, 0.1) is 5.75 Å². The van der Waals surface area contributed by atoms with Gasteiger partial charge < -0.3 is 5.73 Å². The summed E-state index contributed by atoms with van der Waals surface area (Å²) in [4.78, 5) is 0. The van der Waals surface area contributed by atoms with Gasteiger partial charge in [-0.2, -0.15) is 0 Å². The lowest BCUT2D eigenvalue weighted by Gasteiger charge is -2.34. The highest BCUT2D eigenvalue weighted by atomic mass is 32.2. The fourth-order valence-electron chi connectivity index (χ4n) is 1.73. The Bertz CT molecular complexity index is 275. The number of hydrogen-bond acceptors (Lipinski definition) is 3. The Morgan fingerprint density at radius 1 is 1.43 bits per heavy atom. The third-order valence-electron chi connectivity index (χ3n) is 2.85. The van der Waals surface area contributed by atoms with Gasteiger partial charge in [-0.25, -0.2) is 13.1 Å². The summed E-state index contributed by atoms with van der Waals surface area (Å²) in [5.41, 5.74) is 5.86. The Kier molecular flexibility index (Phi) is 3.55. The topological polar surface area (TPSA) is 72.2 Å². The van der Waals surface area contributed by atoms with E-state index < -0.39 is 10.0 Å². The molecule has 0 atom stereocenters. The number of sulfonamides is 1. The zero-order valence-corrected chi connectivity index (χ0v) is 9.73. The minimum Gasteiger partial charge on any atom is -0.325 e. The molecule has 84 valence electrons. The molecule has 0 heterocycles. The van der Waals surface area contributed by atoms with Crippen LogP contribution in [0.1, 0.15) is 39.5 Å². The van der Waals surface area contributed by atoms with Crippen molar-refractivity contribution >= 4 is 10.0 Å². The first-order valence-electron chi connectivity index (χ1n) is 5.13. The fraction of sp³-hybridized carbons (Fsp3) is 1.00. The molecule has 0 aromatic carbocycles. The third-order valence-corrected chi connectivity index (χ3v) is 4.31. The van der Waals surface area contributed by atoms with Crippen molar-refractivity contribution in [2.45, 2.75) is 51.1 Å². The van der Waals surface area contributed by atoms with E-state index in [1.807, 2.05) is 6.92 Å². The predicted octanol–water partition coefficient (Wildman–Crippen LogP) is 0.586. The zero-order valence-electron chi connectivity index (χ0n) is 8.91. The van der Waals surface area contributed by atoms with E-state index >= 15 is 0 Å². The van der Waals surface area contributed by atoms with Crippen molar-refractivity contribution in [2.24, 2.45) is 5.73 Å². The molecule has 1 saturated carbocycles. The Hall–Kier alpha value is -0.130. The lowest BCUT2D eigenvalue weighted by atomic mass is 9.82. The van der Waals surface area contributed by atoms with E-state index in [-0.39, 0.29) is 17.3 Å². The lowest BCUT2D eigenvalue weighted by molar-refractivity contribution is 0.285. The van der Waals surface area contributed by atoms with Gasteiger partial charge in [-0.1, -0.05) is 0 Å². The van der Waals surface area contributed by atoms with Crippen LogP contribution in [-0.2, 0) is 10.0 Å². The molecule has 1 aliphatic rings. The van der Waals surface area contributed by atoms with Crippen LogP contribution in [0.3, 0.4) is 0 Å². The first-order valence-corrected chi connectivity index (χ1v) is 6.79. The molecule has 0 amide bonds. The summed E-state index contributed by atoms with van der Waals surface area (Å²) < 4.78 is 25.3. The van der Waals surface area contributed by atoms with Crippen molar-refractivity contribution < 1.29 is 8.42 Å². The van der Waals surface area contributed by atoms with Gasteiger partial charge >= 0.3 is 0 Å². The predicted molar refractivity (Wildman–Crippen MR) is 57.4 cm³/mol. The van der Waals surface area contributed by atoms with Crippen LogP contribution in [0.4, 0.5) is 0 Å². The highest BCUT2D eigenvalue weighted by Gasteiger charge is 2.28. The van der Waals surface area contributed by atoms with Gasteiger partial charge in [0.2, 0.25) is 10.0 Å². The van der Waals surface area contributed by atoms with Crippen molar-refractivity contribution in [3.63, 3.8) is 0 Å². The molecule has 1 rings (SSSR count). The van der Waals surface area contributed by atoms with E-state index in [4.69, 9.17) is 5.73 Å². The minimum absolute atomic E-state index is 0.0941. The summed E-state index contributed by atoms with van der Waals surface area (Å²) in [6.45, 7) is 3.68. The Labute approximate surface area is 86.3 Å². The van der Waals surface area contributed by atoms with Crippen LogP contribution in [0.5, 0.6) is 0 Å².